The molecule has 1 aromatic rings. The van der Waals surface area contributed by atoms with E-state index in [1.165, 1.54) is 44.1 Å². The molecule has 3 nitrogen and oxygen atoms in total. The van der Waals surface area contributed by atoms with Gasteiger partial charge in [-0.15, -0.1) is 24.0 Å². The first kappa shape index (κ1) is 18.7. The average Bonchev–Trinajstić information content (AvgIpc) is 2.88. The van der Waals surface area contributed by atoms with Gasteiger partial charge in [-0.1, -0.05) is 39.0 Å². The summed E-state index contributed by atoms with van der Waals surface area (Å²) in [6.45, 7) is 3.86. The van der Waals surface area contributed by atoms with E-state index < -0.39 is 0 Å². The number of hydrogen-bond donors (Lipinski definition) is 2. The summed E-state index contributed by atoms with van der Waals surface area (Å²) in [5, 5.41) is 7.33. The number of guanidine groups is 1. The zero-order valence-electron chi connectivity index (χ0n) is 11.7. The molecule has 0 atom stereocenters. The van der Waals surface area contributed by atoms with Gasteiger partial charge in [-0.2, -0.15) is 11.3 Å². The molecule has 0 aliphatic rings. The summed E-state index contributed by atoms with van der Waals surface area (Å²) in [5.74, 6) is 0.565. The highest BCUT2D eigenvalue weighted by molar-refractivity contribution is 14.0. The van der Waals surface area contributed by atoms with Crippen molar-refractivity contribution in [2.24, 2.45) is 10.7 Å². The molecule has 0 saturated carbocycles. The van der Waals surface area contributed by atoms with Crippen molar-refractivity contribution in [3.05, 3.63) is 22.4 Å². The molecular weight excluding hydrogens is 369 g/mol. The molecule has 110 valence electrons. The number of unbranched alkanes of at least 4 members (excludes halogenated alkanes) is 5. The van der Waals surface area contributed by atoms with E-state index in [1.807, 2.05) is 0 Å². The Balaban J connectivity index is 0.00000324. The molecule has 0 bridgehead atoms. The molecular formula is C14H26IN3S. The van der Waals surface area contributed by atoms with Gasteiger partial charge in [0, 0.05) is 6.54 Å². The van der Waals surface area contributed by atoms with E-state index in [2.05, 4.69) is 34.1 Å². The van der Waals surface area contributed by atoms with E-state index in [0.717, 1.165) is 6.54 Å². The maximum Gasteiger partial charge on any atom is 0.188 e. The van der Waals surface area contributed by atoms with Crippen molar-refractivity contribution in [2.75, 3.05) is 6.54 Å². The number of hydrogen-bond acceptors (Lipinski definition) is 2. The summed E-state index contributed by atoms with van der Waals surface area (Å²) in [6.07, 6.45) is 7.82. The lowest BCUT2D eigenvalue weighted by molar-refractivity contribution is 0.601. The number of nitrogens with zero attached hydrogens (tertiary/aromatic N) is 1. The van der Waals surface area contributed by atoms with Crippen molar-refractivity contribution in [3.8, 4) is 0 Å². The van der Waals surface area contributed by atoms with Crippen LogP contribution in [0.5, 0.6) is 0 Å². The lowest BCUT2D eigenvalue weighted by atomic mass is 10.1. The van der Waals surface area contributed by atoms with Crippen LogP contribution in [0.2, 0.25) is 0 Å². The Morgan fingerprint density at radius 1 is 1.26 bits per heavy atom. The third-order valence-corrected chi connectivity index (χ3v) is 3.58. The van der Waals surface area contributed by atoms with Gasteiger partial charge in [0.1, 0.15) is 0 Å². The molecule has 0 radical (unpaired) electrons. The Morgan fingerprint density at radius 3 is 2.68 bits per heavy atom. The van der Waals surface area contributed by atoms with E-state index >= 15 is 0 Å². The minimum atomic E-state index is 0. The molecule has 1 heterocycles. The Hall–Kier alpha value is -0.300. The maximum absolute atomic E-state index is 5.80. The van der Waals surface area contributed by atoms with E-state index in [9.17, 15) is 0 Å². The topological polar surface area (TPSA) is 50.4 Å². The number of halogens is 1. The fraction of sp³-hybridized carbons (Fsp3) is 0.643. The number of thiophene rings is 1. The molecule has 19 heavy (non-hydrogen) atoms. The van der Waals surface area contributed by atoms with Gasteiger partial charge in [0.15, 0.2) is 5.96 Å². The molecule has 3 N–H and O–H groups in total. The number of nitrogens with two attached hydrogens (primary N) is 1. The normalized spacial score (nSPS) is 11.1. The van der Waals surface area contributed by atoms with E-state index in [1.54, 1.807) is 11.3 Å². The second-order valence-corrected chi connectivity index (χ2v) is 5.31. The highest BCUT2D eigenvalue weighted by Gasteiger charge is 1.94. The van der Waals surface area contributed by atoms with Crippen LogP contribution in [0.15, 0.2) is 21.8 Å². The smallest absolute Gasteiger partial charge is 0.188 e. The van der Waals surface area contributed by atoms with Crippen molar-refractivity contribution in [1.82, 2.24) is 5.32 Å². The summed E-state index contributed by atoms with van der Waals surface area (Å²) < 4.78 is 0. The van der Waals surface area contributed by atoms with Crippen LogP contribution in [0.1, 0.15) is 51.0 Å². The quantitative estimate of drug-likeness (QED) is 0.286. The van der Waals surface area contributed by atoms with Crippen molar-refractivity contribution in [1.29, 1.82) is 0 Å². The lowest BCUT2D eigenvalue weighted by Crippen LogP contribution is -2.32. The highest BCUT2D eigenvalue weighted by Crippen LogP contribution is 2.06. The predicted molar refractivity (Wildman–Crippen MR) is 96.4 cm³/mol. The standard InChI is InChI=1S/C14H25N3S.HI/c1-2-3-4-5-6-7-9-16-14(15)17-11-13-8-10-18-12-13;/h8,10,12H,2-7,9,11H2,1H3,(H3,15,16,17);1H. The summed E-state index contributed by atoms with van der Waals surface area (Å²) >= 11 is 1.69. The van der Waals surface area contributed by atoms with Crippen LogP contribution in [-0.4, -0.2) is 12.5 Å². The molecule has 0 amide bonds. The summed E-state index contributed by atoms with van der Waals surface area (Å²) in [4.78, 5) is 4.30. The Kier molecular flexibility index (Phi) is 12.5. The number of nitrogens with one attached hydrogen (secondary N) is 1. The van der Waals surface area contributed by atoms with Crippen LogP contribution < -0.4 is 11.1 Å². The number of aliphatic imine (C=N–C) groups is 1. The molecule has 0 saturated heterocycles. The van der Waals surface area contributed by atoms with Gasteiger partial charge in [-0.3, -0.25) is 0 Å². The molecule has 5 heteroatoms. The van der Waals surface area contributed by atoms with Crippen molar-refractivity contribution < 1.29 is 0 Å². The predicted octanol–water partition coefficient (Wildman–Crippen LogP) is 4.13. The Bertz CT molecular complexity index is 325. The summed E-state index contributed by atoms with van der Waals surface area (Å²) in [7, 11) is 0. The van der Waals surface area contributed by atoms with Gasteiger partial charge < -0.3 is 11.1 Å². The monoisotopic (exact) mass is 395 g/mol. The molecule has 0 spiro atoms. The fourth-order valence-electron chi connectivity index (χ4n) is 1.74. The van der Waals surface area contributed by atoms with E-state index in [4.69, 9.17) is 5.73 Å². The largest absolute Gasteiger partial charge is 0.370 e. The minimum Gasteiger partial charge on any atom is -0.370 e. The molecule has 1 rings (SSSR count). The third kappa shape index (κ3) is 10.2. The molecule has 0 aliphatic carbocycles. The maximum atomic E-state index is 5.80. The van der Waals surface area contributed by atoms with Gasteiger partial charge >= 0.3 is 0 Å². The fourth-order valence-corrected chi connectivity index (χ4v) is 2.40. The van der Waals surface area contributed by atoms with Gasteiger partial charge in [0.25, 0.3) is 0 Å². The van der Waals surface area contributed by atoms with E-state index in [0.29, 0.717) is 12.5 Å². The molecule has 0 aliphatic heterocycles. The summed E-state index contributed by atoms with van der Waals surface area (Å²) in [5.41, 5.74) is 7.02. The SMILES string of the molecule is CCCCCCCCNC(N)=NCc1ccsc1.I. The van der Waals surface area contributed by atoms with Crippen molar-refractivity contribution in [2.45, 2.75) is 52.0 Å². The van der Waals surface area contributed by atoms with Crippen LogP contribution in [0.3, 0.4) is 0 Å². The third-order valence-electron chi connectivity index (χ3n) is 2.85. The first-order valence-electron chi connectivity index (χ1n) is 6.87. The van der Waals surface area contributed by atoms with Gasteiger partial charge in [0.2, 0.25) is 0 Å². The first-order chi connectivity index (χ1) is 8.83. The van der Waals surface area contributed by atoms with Crippen LogP contribution >= 0.6 is 35.3 Å². The second kappa shape index (κ2) is 12.7. The molecule has 0 aromatic carbocycles. The Morgan fingerprint density at radius 2 is 2.00 bits per heavy atom. The zero-order chi connectivity index (χ0) is 13.1. The first-order valence-corrected chi connectivity index (χ1v) is 7.82. The van der Waals surface area contributed by atoms with Crippen LogP contribution in [-0.2, 0) is 6.54 Å². The van der Waals surface area contributed by atoms with Gasteiger partial charge in [-0.05, 0) is 28.8 Å². The van der Waals surface area contributed by atoms with Crippen LogP contribution in [0.25, 0.3) is 0 Å². The summed E-state index contributed by atoms with van der Waals surface area (Å²) in [6, 6.07) is 2.08. The van der Waals surface area contributed by atoms with Gasteiger partial charge in [-0.25, -0.2) is 4.99 Å². The minimum absolute atomic E-state index is 0. The molecule has 0 fully saturated rings. The van der Waals surface area contributed by atoms with Crippen LogP contribution in [0, 0.1) is 0 Å². The van der Waals surface area contributed by atoms with Crippen molar-refractivity contribution in [3.63, 3.8) is 0 Å². The Labute approximate surface area is 138 Å². The lowest BCUT2D eigenvalue weighted by Gasteiger charge is -2.05. The van der Waals surface area contributed by atoms with Gasteiger partial charge in [0.05, 0.1) is 6.54 Å². The second-order valence-electron chi connectivity index (χ2n) is 4.53. The number of rotatable bonds is 9. The molecule has 0 unspecified atom stereocenters. The zero-order valence-corrected chi connectivity index (χ0v) is 14.9. The highest BCUT2D eigenvalue weighted by atomic mass is 127. The molecule has 1 aromatic heterocycles. The average molecular weight is 395 g/mol. The van der Waals surface area contributed by atoms with E-state index in [-0.39, 0.29) is 24.0 Å². The van der Waals surface area contributed by atoms with Crippen molar-refractivity contribution >= 4 is 41.3 Å². The van der Waals surface area contributed by atoms with Crippen LogP contribution in [0.4, 0.5) is 0 Å².